The van der Waals surface area contributed by atoms with Gasteiger partial charge in [-0.15, -0.1) is 0 Å². The quantitative estimate of drug-likeness (QED) is 0.305. The van der Waals surface area contributed by atoms with Gasteiger partial charge in [0.05, 0.1) is 13.2 Å². The van der Waals surface area contributed by atoms with Crippen molar-refractivity contribution < 1.29 is 18.0 Å². The lowest BCUT2D eigenvalue weighted by atomic mass is 10.4. The van der Waals surface area contributed by atoms with Crippen molar-refractivity contribution >= 4 is 38.0 Å². The van der Waals surface area contributed by atoms with Crippen molar-refractivity contribution in [3.63, 3.8) is 0 Å². The molecule has 0 aromatic carbocycles. The van der Waals surface area contributed by atoms with Gasteiger partial charge in [0.2, 0.25) is 0 Å². The maximum absolute atomic E-state index is 5.88. The van der Waals surface area contributed by atoms with Crippen LogP contribution >= 0.6 is 12.2 Å². The van der Waals surface area contributed by atoms with Crippen molar-refractivity contribution in [2.75, 3.05) is 52.7 Å². The Hall–Kier alpha value is 0.127. The first-order valence-electron chi connectivity index (χ1n) is 8.31. The minimum Gasteiger partial charge on any atom is -0.410 e. The summed E-state index contributed by atoms with van der Waals surface area (Å²) in [5, 5.41) is 4.17. The maximum atomic E-state index is 5.88. The SMILES string of the molecule is CCO[Si](CCCN(C(=S)[S-])N1CCOCC1)(OCC)OCC. The summed E-state index contributed by atoms with van der Waals surface area (Å²) in [5.74, 6) is 0. The van der Waals surface area contributed by atoms with Gasteiger partial charge in [-0.25, -0.2) is 5.01 Å². The van der Waals surface area contributed by atoms with Gasteiger partial charge in [-0.2, -0.15) is 0 Å². The Morgan fingerprint density at radius 2 is 1.65 bits per heavy atom. The number of hydrogen-bond acceptors (Lipinski definition) is 7. The van der Waals surface area contributed by atoms with Crippen LogP contribution in [0.4, 0.5) is 0 Å². The average Bonchev–Trinajstić information content (AvgIpc) is 2.53. The van der Waals surface area contributed by atoms with E-state index < -0.39 is 8.80 Å². The highest BCUT2D eigenvalue weighted by molar-refractivity contribution is 8.00. The summed E-state index contributed by atoms with van der Waals surface area (Å²) in [6.45, 7) is 11.5. The molecule has 1 aliphatic rings. The van der Waals surface area contributed by atoms with Gasteiger partial charge in [-0.1, -0.05) is 0 Å². The molecular formula is C14H29N2O4S2Si-. The Kier molecular flexibility index (Phi) is 10.7. The largest absolute Gasteiger partial charge is 0.500 e. The Labute approximate surface area is 152 Å². The van der Waals surface area contributed by atoms with Crippen molar-refractivity contribution in [1.29, 1.82) is 0 Å². The van der Waals surface area contributed by atoms with Gasteiger partial charge in [0.25, 0.3) is 0 Å². The molecule has 1 rings (SSSR count). The summed E-state index contributed by atoms with van der Waals surface area (Å²) >= 11 is 10.5. The lowest BCUT2D eigenvalue weighted by Gasteiger charge is -2.41. The van der Waals surface area contributed by atoms with E-state index in [1.807, 2.05) is 25.8 Å². The van der Waals surface area contributed by atoms with Crippen LogP contribution in [0.5, 0.6) is 0 Å². The molecule has 23 heavy (non-hydrogen) atoms. The fourth-order valence-electron chi connectivity index (χ4n) is 2.59. The molecule has 0 radical (unpaired) electrons. The zero-order chi connectivity index (χ0) is 17.1. The van der Waals surface area contributed by atoms with Gasteiger partial charge in [0.1, 0.15) is 0 Å². The Bertz CT molecular complexity index is 330. The van der Waals surface area contributed by atoms with E-state index in [-0.39, 0.29) is 0 Å². The fraction of sp³-hybridized carbons (Fsp3) is 0.929. The summed E-state index contributed by atoms with van der Waals surface area (Å²) in [6, 6.07) is 0.765. The Morgan fingerprint density at radius 3 is 2.09 bits per heavy atom. The molecule has 0 aromatic heterocycles. The lowest BCUT2D eigenvalue weighted by molar-refractivity contribution is -0.0476. The first-order valence-corrected chi connectivity index (χ1v) is 11.1. The molecule has 1 aliphatic heterocycles. The number of hydrazine groups is 1. The maximum Gasteiger partial charge on any atom is 0.500 e. The minimum atomic E-state index is -2.59. The molecule has 0 amide bonds. The smallest absolute Gasteiger partial charge is 0.410 e. The second-order valence-electron chi connectivity index (χ2n) is 5.04. The van der Waals surface area contributed by atoms with Gasteiger partial charge < -0.3 is 47.9 Å². The van der Waals surface area contributed by atoms with Crippen molar-refractivity contribution in [3.8, 4) is 0 Å². The van der Waals surface area contributed by atoms with E-state index >= 15 is 0 Å². The predicted molar refractivity (Wildman–Crippen MR) is 99.1 cm³/mol. The van der Waals surface area contributed by atoms with E-state index in [0.717, 1.165) is 32.1 Å². The number of nitrogens with zero attached hydrogens (tertiary/aromatic N) is 2. The van der Waals surface area contributed by atoms with Gasteiger partial charge in [0.15, 0.2) is 0 Å². The Balaban J connectivity index is 2.58. The van der Waals surface area contributed by atoms with Crippen molar-refractivity contribution in [1.82, 2.24) is 10.0 Å². The Morgan fingerprint density at radius 1 is 1.13 bits per heavy atom. The molecule has 6 nitrogen and oxygen atoms in total. The van der Waals surface area contributed by atoms with Crippen molar-refractivity contribution in [2.24, 2.45) is 0 Å². The first-order chi connectivity index (χ1) is 11.1. The minimum absolute atomic E-state index is 0.475. The summed E-state index contributed by atoms with van der Waals surface area (Å²) in [4.78, 5) is 0. The second kappa shape index (κ2) is 11.6. The molecule has 136 valence electrons. The van der Waals surface area contributed by atoms with Crippen LogP contribution in [0.2, 0.25) is 6.04 Å². The zero-order valence-corrected chi connectivity index (χ0v) is 17.0. The normalized spacial score (nSPS) is 16.5. The fourth-order valence-corrected chi connectivity index (χ4v) is 5.60. The highest BCUT2D eigenvalue weighted by atomic mass is 32.1. The molecule has 1 heterocycles. The molecule has 0 aromatic rings. The van der Waals surface area contributed by atoms with Gasteiger partial charge in [0, 0.05) is 45.5 Å². The number of rotatable bonds is 11. The monoisotopic (exact) mass is 381 g/mol. The summed E-state index contributed by atoms with van der Waals surface area (Å²) in [6.07, 6.45) is 0.861. The highest BCUT2D eigenvalue weighted by Gasteiger charge is 2.39. The molecule has 1 fully saturated rings. The van der Waals surface area contributed by atoms with Crippen molar-refractivity contribution in [2.45, 2.75) is 33.2 Å². The van der Waals surface area contributed by atoms with E-state index in [2.05, 4.69) is 5.01 Å². The zero-order valence-electron chi connectivity index (χ0n) is 14.4. The number of morpholine rings is 1. The van der Waals surface area contributed by atoms with E-state index in [1.54, 1.807) is 0 Å². The van der Waals surface area contributed by atoms with E-state index in [0.29, 0.717) is 37.4 Å². The molecule has 0 bridgehead atoms. The molecule has 0 spiro atoms. The van der Waals surface area contributed by atoms with E-state index in [1.165, 1.54) is 0 Å². The van der Waals surface area contributed by atoms with E-state index in [9.17, 15) is 0 Å². The molecule has 0 aliphatic carbocycles. The molecular weight excluding hydrogens is 352 g/mol. The molecule has 0 N–H and O–H groups in total. The second-order valence-corrected chi connectivity index (χ2v) is 8.80. The van der Waals surface area contributed by atoms with Gasteiger partial charge in [-0.3, -0.25) is 0 Å². The van der Waals surface area contributed by atoms with Crippen LogP contribution in [0.15, 0.2) is 0 Å². The van der Waals surface area contributed by atoms with Crippen LogP contribution in [0.3, 0.4) is 0 Å². The van der Waals surface area contributed by atoms with Crippen LogP contribution in [-0.4, -0.2) is 75.8 Å². The third-order valence-electron chi connectivity index (χ3n) is 3.49. The molecule has 9 heteroatoms. The average molecular weight is 382 g/mol. The predicted octanol–water partition coefficient (Wildman–Crippen LogP) is 1.81. The molecule has 0 saturated carbocycles. The number of hydrogen-bond donors (Lipinski definition) is 0. The summed E-state index contributed by atoms with van der Waals surface area (Å²) in [7, 11) is -2.59. The number of thiocarbonyl (C=S) groups is 1. The van der Waals surface area contributed by atoms with E-state index in [4.69, 9.17) is 42.9 Å². The highest BCUT2D eigenvalue weighted by Crippen LogP contribution is 2.19. The summed E-state index contributed by atoms with van der Waals surface area (Å²) < 4.78 is 23.5. The van der Waals surface area contributed by atoms with Crippen LogP contribution < -0.4 is 0 Å². The van der Waals surface area contributed by atoms with Gasteiger partial charge in [-0.05, 0) is 31.5 Å². The van der Waals surface area contributed by atoms with Crippen LogP contribution in [0.25, 0.3) is 0 Å². The van der Waals surface area contributed by atoms with Gasteiger partial charge >= 0.3 is 8.80 Å². The third-order valence-corrected chi connectivity index (χ3v) is 7.06. The first kappa shape index (κ1) is 21.2. The molecule has 0 atom stereocenters. The van der Waals surface area contributed by atoms with Crippen molar-refractivity contribution in [3.05, 3.63) is 0 Å². The van der Waals surface area contributed by atoms with Crippen LogP contribution in [0.1, 0.15) is 27.2 Å². The topological polar surface area (TPSA) is 43.4 Å². The number of ether oxygens (including phenoxy) is 1. The molecule has 0 unspecified atom stereocenters. The lowest BCUT2D eigenvalue weighted by Crippen LogP contribution is -2.51. The van der Waals surface area contributed by atoms with Crippen LogP contribution in [-0.2, 0) is 30.6 Å². The third kappa shape index (κ3) is 7.26. The summed E-state index contributed by atoms with van der Waals surface area (Å²) in [5.41, 5.74) is 0. The van der Waals surface area contributed by atoms with Crippen LogP contribution in [0, 0.1) is 0 Å². The standard InChI is InChI=1S/C14H30N2O4S2Si/c1-4-18-23(19-5-2,20-6-3)13-7-8-16(14(21)22)15-9-11-17-12-10-15/h4-13H2,1-3H3,(H,21,22)/p-1. The molecule has 1 saturated heterocycles.